The summed E-state index contributed by atoms with van der Waals surface area (Å²) in [6.07, 6.45) is 11.2. The van der Waals surface area contributed by atoms with E-state index in [4.69, 9.17) is 0 Å². The third-order valence-electron chi connectivity index (χ3n) is 5.06. The molecule has 0 aromatic carbocycles. The van der Waals surface area contributed by atoms with Crippen LogP contribution in [0.15, 0.2) is 29.6 Å². The Morgan fingerprint density at radius 1 is 1.27 bits per heavy atom. The Morgan fingerprint density at radius 3 is 2.81 bits per heavy atom. The monoisotopic (exact) mass is 354 g/mol. The lowest BCUT2D eigenvalue weighted by Crippen LogP contribution is -2.37. The summed E-state index contributed by atoms with van der Waals surface area (Å²) in [5.41, 5.74) is 4.92. The standard InChI is InChI=1S/C21H30N4O/c1-15(2)5-4-6-16(3)9-11-22-20-18-10-12-25(21(26)17-7-8-17)13-19(18)23-14-24-20/h5,9,14,17H,4,6-8,10-13H2,1-3H3,(H,22,23,24). The van der Waals surface area contributed by atoms with Crippen molar-refractivity contribution in [3.63, 3.8) is 0 Å². The Kier molecular flexibility index (Phi) is 6.07. The number of nitrogens with zero attached hydrogens (tertiary/aromatic N) is 3. The van der Waals surface area contributed by atoms with Crippen molar-refractivity contribution < 1.29 is 4.79 Å². The van der Waals surface area contributed by atoms with Crippen molar-refractivity contribution in [2.24, 2.45) is 5.92 Å². The first-order valence-electron chi connectivity index (χ1n) is 9.69. The first kappa shape index (κ1) is 18.6. The topological polar surface area (TPSA) is 58.1 Å². The minimum absolute atomic E-state index is 0.274. The van der Waals surface area contributed by atoms with Crippen LogP contribution in [0, 0.1) is 5.92 Å². The Labute approximate surface area is 156 Å². The second-order valence-corrected chi connectivity index (χ2v) is 7.68. The first-order valence-corrected chi connectivity index (χ1v) is 9.69. The zero-order chi connectivity index (χ0) is 18.5. The Morgan fingerprint density at radius 2 is 2.08 bits per heavy atom. The van der Waals surface area contributed by atoms with E-state index in [9.17, 15) is 4.79 Å². The smallest absolute Gasteiger partial charge is 0.226 e. The molecule has 1 fully saturated rings. The van der Waals surface area contributed by atoms with Crippen LogP contribution in [0.3, 0.4) is 0 Å². The number of carbonyl (C=O) groups excluding carboxylic acids is 1. The van der Waals surface area contributed by atoms with Gasteiger partial charge < -0.3 is 10.2 Å². The van der Waals surface area contributed by atoms with E-state index in [0.717, 1.165) is 56.7 Å². The van der Waals surface area contributed by atoms with Crippen molar-refractivity contribution in [3.05, 3.63) is 40.9 Å². The minimum atomic E-state index is 0.274. The van der Waals surface area contributed by atoms with Gasteiger partial charge in [-0.2, -0.15) is 0 Å². The number of aromatic nitrogens is 2. The Balaban J connectivity index is 1.56. The van der Waals surface area contributed by atoms with Gasteiger partial charge in [0, 0.05) is 24.6 Å². The maximum Gasteiger partial charge on any atom is 0.226 e. The van der Waals surface area contributed by atoms with Crippen LogP contribution in [-0.4, -0.2) is 33.9 Å². The van der Waals surface area contributed by atoms with Crippen LogP contribution in [0.25, 0.3) is 0 Å². The molecular formula is C21H30N4O. The number of hydrogen-bond acceptors (Lipinski definition) is 4. The summed E-state index contributed by atoms with van der Waals surface area (Å²) in [6.45, 7) is 8.63. The lowest BCUT2D eigenvalue weighted by Gasteiger charge is -2.29. The molecule has 1 aromatic rings. The minimum Gasteiger partial charge on any atom is -0.366 e. The fourth-order valence-electron chi connectivity index (χ4n) is 3.30. The van der Waals surface area contributed by atoms with Crippen LogP contribution in [0.4, 0.5) is 5.82 Å². The van der Waals surface area contributed by atoms with Gasteiger partial charge in [0.05, 0.1) is 12.2 Å². The van der Waals surface area contributed by atoms with Crippen molar-refractivity contribution in [3.8, 4) is 0 Å². The van der Waals surface area contributed by atoms with E-state index in [2.05, 4.69) is 48.2 Å². The van der Waals surface area contributed by atoms with E-state index in [-0.39, 0.29) is 5.92 Å². The van der Waals surface area contributed by atoms with Crippen molar-refractivity contribution in [1.29, 1.82) is 0 Å². The fourth-order valence-corrected chi connectivity index (χ4v) is 3.30. The van der Waals surface area contributed by atoms with Gasteiger partial charge in [0.25, 0.3) is 0 Å². The number of carbonyl (C=O) groups is 1. The molecule has 2 aliphatic rings. The number of nitrogens with one attached hydrogen (secondary N) is 1. The second kappa shape index (κ2) is 8.47. The number of allylic oxidation sites excluding steroid dienone is 3. The molecule has 0 radical (unpaired) electrons. The van der Waals surface area contributed by atoms with Gasteiger partial charge >= 0.3 is 0 Å². The molecule has 1 saturated carbocycles. The van der Waals surface area contributed by atoms with Gasteiger partial charge in [-0.15, -0.1) is 0 Å². The van der Waals surface area contributed by atoms with E-state index < -0.39 is 0 Å². The Bertz CT molecular complexity index is 715. The van der Waals surface area contributed by atoms with Gasteiger partial charge in [-0.25, -0.2) is 9.97 Å². The zero-order valence-electron chi connectivity index (χ0n) is 16.2. The number of rotatable bonds is 7. The van der Waals surface area contributed by atoms with E-state index in [1.54, 1.807) is 6.33 Å². The van der Waals surface area contributed by atoms with Crippen molar-refractivity contribution in [1.82, 2.24) is 14.9 Å². The summed E-state index contributed by atoms with van der Waals surface area (Å²) in [6, 6.07) is 0. The van der Waals surface area contributed by atoms with Crippen LogP contribution < -0.4 is 5.32 Å². The van der Waals surface area contributed by atoms with Gasteiger partial charge in [-0.3, -0.25) is 4.79 Å². The number of fused-ring (bicyclic) bond motifs is 1. The maximum absolute atomic E-state index is 12.3. The molecule has 2 heterocycles. The van der Waals surface area contributed by atoms with Crippen molar-refractivity contribution >= 4 is 11.7 Å². The van der Waals surface area contributed by atoms with Gasteiger partial charge in [0.2, 0.25) is 5.91 Å². The van der Waals surface area contributed by atoms with Crippen LogP contribution >= 0.6 is 0 Å². The molecule has 1 aromatic heterocycles. The van der Waals surface area contributed by atoms with E-state index >= 15 is 0 Å². The molecule has 26 heavy (non-hydrogen) atoms. The predicted molar refractivity (Wildman–Crippen MR) is 105 cm³/mol. The van der Waals surface area contributed by atoms with Crippen LogP contribution in [0.2, 0.25) is 0 Å². The SMILES string of the molecule is CC(C)=CCCC(C)=CCNc1ncnc2c1CCN(C(=O)C1CC1)C2. The van der Waals surface area contributed by atoms with Gasteiger partial charge in [0.15, 0.2) is 0 Å². The summed E-state index contributed by atoms with van der Waals surface area (Å²) in [5.74, 6) is 1.50. The third kappa shape index (κ3) is 4.93. The van der Waals surface area contributed by atoms with Crippen molar-refractivity contribution in [2.45, 2.75) is 59.4 Å². The largest absolute Gasteiger partial charge is 0.366 e. The second-order valence-electron chi connectivity index (χ2n) is 7.68. The lowest BCUT2D eigenvalue weighted by molar-refractivity contribution is -0.133. The van der Waals surface area contributed by atoms with Crippen LogP contribution in [-0.2, 0) is 17.8 Å². The zero-order valence-corrected chi connectivity index (χ0v) is 16.2. The third-order valence-corrected chi connectivity index (χ3v) is 5.06. The van der Waals surface area contributed by atoms with E-state index in [1.165, 1.54) is 16.7 Å². The summed E-state index contributed by atoms with van der Waals surface area (Å²) >= 11 is 0. The molecule has 0 unspecified atom stereocenters. The van der Waals surface area contributed by atoms with Crippen LogP contribution in [0.5, 0.6) is 0 Å². The van der Waals surface area contributed by atoms with Gasteiger partial charge in [-0.05, 0) is 52.9 Å². The average Bonchev–Trinajstić information content (AvgIpc) is 3.45. The van der Waals surface area contributed by atoms with E-state index in [0.29, 0.717) is 12.5 Å². The highest BCUT2D eigenvalue weighted by atomic mass is 16.2. The average molecular weight is 354 g/mol. The molecule has 140 valence electrons. The molecule has 5 nitrogen and oxygen atoms in total. The number of amides is 1. The quantitative estimate of drug-likeness (QED) is 0.755. The first-order chi connectivity index (χ1) is 12.5. The molecule has 5 heteroatoms. The highest BCUT2D eigenvalue weighted by Crippen LogP contribution is 2.33. The fraction of sp³-hybridized carbons (Fsp3) is 0.571. The van der Waals surface area contributed by atoms with Crippen molar-refractivity contribution in [2.75, 3.05) is 18.4 Å². The molecule has 0 bridgehead atoms. The molecule has 0 spiro atoms. The lowest BCUT2D eigenvalue weighted by atomic mass is 10.0. The van der Waals surface area contributed by atoms with E-state index in [1.807, 2.05) is 4.90 Å². The predicted octanol–water partition coefficient (Wildman–Crippen LogP) is 3.88. The summed E-state index contributed by atoms with van der Waals surface area (Å²) in [4.78, 5) is 23.1. The van der Waals surface area contributed by atoms with Gasteiger partial charge in [0.1, 0.15) is 12.1 Å². The normalized spacial score (nSPS) is 16.9. The number of hydrogen-bond donors (Lipinski definition) is 1. The maximum atomic E-state index is 12.3. The molecule has 1 N–H and O–H groups in total. The molecule has 0 atom stereocenters. The summed E-state index contributed by atoms with van der Waals surface area (Å²) in [5, 5.41) is 3.44. The molecule has 1 aliphatic carbocycles. The van der Waals surface area contributed by atoms with Crippen LogP contribution in [0.1, 0.15) is 57.7 Å². The molecule has 0 saturated heterocycles. The molecule has 3 rings (SSSR count). The molecular weight excluding hydrogens is 324 g/mol. The summed E-state index contributed by atoms with van der Waals surface area (Å²) in [7, 11) is 0. The highest BCUT2D eigenvalue weighted by Gasteiger charge is 2.35. The highest BCUT2D eigenvalue weighted by molar-refractivity contribution is 5.81. The van der Waals surface area contributed by atoms with Gasteiger partial charge in [-0.1, -0.05) is 23.3 Å². The Hall–Kier alpha value is -2.17. The summed E-state index contributed by atoms with van der Waals surface area (Å²) < 4.78 is 0. The number of anilines is 1. The molecule has 1 aliphatic heterocycles. The molecule has 1 amide bonds.